The van der Waals surface area contributed by atoms with Gasteiger partial charge in [-0.2, -0.15) is 0 Å². The van der Waals surface area contributed by atoms with Gasteiger partial charge in [-0.15, -0.1) is 0 Å². The molecule has 4 heteroatoms. The number of nitrogens with one attached hydrogen (secondary N) is 1. The second kappa shape index (κ2) is 8.05. The molecule has 0 aromatic rings. The van der Waals surface area contributed by atoms with E-state index in [1.54, 1.807) is 0 Å². The van der Waals surface area contributed by atoms with Crippen LogP contribution in [0.15, 0.2) is 0 Å². The second-order valence-corrected chi connectivity index (χ2v) is 4.41. The Bertz CT molecular complexity index is 153. The number of hydrogen-bond donors (Lipinski definition) is 2. The Morgan fingerprint density at radius 3 is 2.27 bits per heavy atom. The van der Waals surface area contributed by atoms with Crippen molar-refractivity contribution in [3.63, 3.8) is 0 Å². The number of likely N-dealkylation sites (N-methyl/N-ethyl adjacent to an activating group) is 3. The maximum atomic E-state index is 9.72. The minimum atomic E-state index is -0.278. The molecule has 0 aliphatic heterocycles. The Labute approximate surface area is 94.3 Å². The first-order chi connectivity index (χ1) is 7.01. The van der Waals surface area contributed by atoms with E-state index in [1.165, 1.54) is 0 Å². The summed E-state index contributed by atoms with van der Waals surface area (Å²) in [5.74, 6) is 0. The molecule has 0 aliphatic carbocycles. The van der Waals surface area contributed by atoms with Crippen molar-refractivity contribution in [1.82, 2.24) is 15.1 Å². The number of hydrogen-bond acceptors (Lipinski definition) is 4. The molecule has 0 aromatic carbocycles. The molecule has 15 heavy (non-hydrogen) atoms. The minimum absolute atomic E-state index is 0.278. The summed E-state index contributed by atoms with van der Waals surface area (Å²) in [6.07, 6.45) is -0.278. The molecule has 0 heterocycles. The lowest BCUT2D eigenvalue weighted by Crippen LogP contribution is -2.45. The fourth-order valence-electron chi connectivity index (χ4n) is 1.84. The molecule has 0 radical (unpaired) electrons. The van der Waals surface area contributed by atoms with E-state index >= 15 is 0 Å². The van der Waals surface area contributed by atoms with Gasteiger partial charge in [-0.05, 0) is 34.6 Å². The van der Waals surface area contributed by atoms with Crippen molar-refractivity contribution >= 4 is 0 Å². The van der Waals surface area contributed by atoms with E-state index in [-0.39, 0.29) is 6.10 Å². The second-order valence-electron chi connectivity index (χ2n) is 4.41. The molecule has 0 spiro atoms. The van der Waals surface area contributed by atoms with Gasteiger partial charge in [0, 0.05) is 25.7 Å². The third-order valence-electron chi connectivity index (χ3n) is 2.54. The Morgan fingerprint density at radius 2 is 1.87 bits per heavy atom. The number of aliphatic hydroxyl groups is 1. The van der Waals surface area contributed by atoms with Crippen molar-refractivity contribution in [2.45, 2.75) is 26.0 Å². The van der Waals surface area contributed by atoms with Crippen LogP contribution in [-0.2, 0) is 0 Å². The molecule has 4 nitrogen and oxygen atoms in total. The van der Waals surface area contributed by atoms with E-state index in [0.29, 0.717) is 12.6 Å². The normalized spacial score (nSPS) is 16.0. The summed E-state index contributed by atoms with van der Waals surface area (Å²) < 4.78 is 0. The highest BCUT2D eigenvalue weighted by molar-refractivity contribution is 4.72. The van der Waals surface area contributed by atoms with Crippen LogP contribution in [0.2, 0.25) is 0 Å². The van der Waals surface area contributed by atoms with Crippen LogP contribution in [0.25, 0.3) is 0 Å². The van der Waals surface area contributed by atoms with E-state index in [0.717, 1.165) is 19.6 Å². The van der Waals surface area contributed by atoms with Gasteiger partial charge in [-0.3, -0.25) is 4.90 Å². The molecule has 0 amide bonds. The van der Waals surface area contributed by atoms with Gasteiger partial charge >= 0.3 is 0 Å². The molecule has 0 aromatic heterocycles. The first-order valence-corrected chi connectivity index (χ1v) is 5.72. The first-order valence-electron chi connectivity index (χ1n) is 5.72. The zero-order valence-corrected chi connectivity index (χ0v) is 10.8. The zero-order chi connectivity index (χ0) is 11.8. The Kier molecular flexibility index (Phi) is 7.96. The molecular weight excluding hydrogens is 190 g/mol. The maximum absolute atomic E-state index is 9.72. The van der Waals surface area contributed by atoms with Gasteiger partial charge < -0.3 is 15.3 Å². The number of nitrogens with zero attached hydrogens (tertiary/aromatic N) is 2. The first kappa shape index (κ1) is 14.8. The fourth-order valence-corrected chi connectivity index (χ4v) is 1.84. The lowest BCUT2D eigenvalue weighted by Gasteiger charge is -2.31. The number of aliphatic hydroxyl groups excluding tert-OH is 1. The summed E-state index contributed by atoms with van der Waals surface area (Å²) in [7, 11) is 6.02. The van der Waals surface area contributed by atoms with Crippen LogP contribution in [0.1, 0.15) is 13.8 Å². The number of rotatable bonds is 8. The molecule has 0 aliphatic rings. The SMILES string of the molecule is CCN(CC(O)CNC)C(C)CN(C)C. The summed E-state index contributed by atoms with van der Waals surface area (Å²) >= 11 is 0. The van der Waals surface area contributed by atoms with E-state index in [4.69, 9.17) is 0 Å². The summed E-state index contributed by atoms with van der Waals surface area (Å²) in [5.41, 5.74) is 0. The average molecular weight is 217 g/mol. The summed E-state index contributed by atoms with van der Waals surface area (Å²) in [5, 5.41) is 12.7. The van der Waals surface area contributed by atoms with Gasteiger partial charge in [0.2, 0.25) is 0 Å². The molecule has 0 rings (SSSR count). The van der Waals surface area contributed by atoms with Crippen LogP contribution in [0.5, 0.6) is 0 Å². The van der Waals surface area contributed by atoms with Gasteiger partial charge in [0.25, 0.3) is 0 Å². The Morgan fingerprint density at radius 1 is 1.27 bits per heavy atom. The topological polar surface area (TPSA) is 38.7 Å². The molecular formula is C11H27N3O. The molecule has 0 bridgehead atoms. The largest absolute Gasteiger partial charge is 0.390 e. The van der Waals surface area contributed by atoms with Crippen LogP contribution in [0.3, 0.4) is 0 Å². The Hall–Kier alpha value is -0.160. The molecule has 2 atom stereocenters. The van der Waals surface area contributed by atoms with E-state index in [1.807, 2.05) is 7.05 Å². The molecule has 2 unspecified atom stereocenters. The predicted molar refractivity (Wildman–Crippen MR) is 65.2 cm³/mol. The predicted octanol–water partition coefficient (Wildman–Crippen LogP) is -0.161. The third kappa shape index (κ3) is 6.84. The van der Waals surface area contributed by atoms with Crippen LogP contribution in [0.4, 0.5) is 0 Å². The van der Waals surface area contributed by atoms with E-state index in [9.17, 15) is 5.11 Å². The highest BCUT2D eigenvalue weighted by Crippen LogP contribution is 2.01. The van der Waals surface area contributed by atoms with Crippen molar-refractivity contribution in [1.29, 1.82) is 0 Å². The van der Waals surface area contributed by atoms with E-state index in [2.05, 4.69) is 43.1 Å². The highest BCUT2D eigenvalue weighted by Gasteiger charge is 2.16. The Balaban J connectivity index is 3.99. The van der Waals surface area contributed by atoms with Crippen LogP contribution in [-0.4, -0.2) is 74.4 Å². The van der Waals surface area contributed by atoms with Gasteiger partial charge in [0.05, 0.1) is 6.10 Å². The third-order valence-corrected chi connectivity index (χ3v) is 2.54. The van der Waals surface area contributed by atoms with Gasteiger partial charge in [0.15, 0.2) is 0 Å². The van der Waals surface area contributed by atoms with Crippen molar-refractivity contribution < 1.29 is 5.11 Å². The molecule has 92 valence electrons. The smallest absolute Gasteiger partial charge is 0.0791 e. The van der Waals surface area contributed by atoms with Gasteiger partial charge in [-0.1, -0.05) is 6.92 Å². The van der Waals surface area contributed by atoms with Crippen molar-refractivity contribution in [2.75, 3.05) is 47.3 Å². The minimum Gasteiger partial charge on any atom is -0.390 e. The lowest BCUT2D eigenvalue weighted by atomic mass is 10.2. The van der Waals surface area contributed by atoms with Crippen molar-refractivity contribution in [3.8, 4) is 0 Å². The van der Waals surface area contributed by atoms with Crippen molar-refractivity contribution in [3.05, 3.63) is 0 Å². The van der Waals surface area contributed by atoms with Gasteiger partial charge in [-0.25, -0.2) is 0 Å². The summed E-state index contributed by atoms with van der Waals surface area (Å²) in [4.78, 5) is 4.49. The standard InChI is InChI=1S/C11H27N3O/c1-6-14(9-11(15)7-12-3)10(2)8-13(4)5/h10-12,15H,6-9H2,1-5H3. The highest BCUT2D eigenvalue weighted by atomic mass is 16.3. The van der Waals surface area contributed by atoms with Crippen LogP contribution in [0, 0.1) is 0 Å². The zero-order valence-electron chi connectivity index (χ0n) is 10.8. The summed E-state index contributed by atoms with van der Waals surface area (Å²) in [6.45, 7) is 7.75. The van der Waals surface area contributed by atoms with Crippen LogP contribution >= 0.6 is 0 Å². The quantitative estimate of drug-likeness (QED) is 0.592. The molecule has 0 fully saturated rings. The average Bonchev–Trinajstić information content (AvgIpc) is 2.13. The molecule has 2 N–H and O–H groups in total. The monoisotopic (exact) mass is 217 g/mol. The van der Waals surface area contributed by atoms with E-state index < -0.39 is 0 Å². The molecule has 0 saturated carbocycles. The van der Waals surface area contributed by atoms with Gasteiger partial charge in [0.1, 0.15) is 0 Å². The lowest BCUT2D eigenvalue weighted by molar-refractivity contribution is 0.0866. The maximum Gasteiger partial charge on any atom is 0.0791 e. The molecule has 0 saturated heterocycles. The van der Waals surface area contributed by atoms with Crippen molar-refractivity contribution in [2.24, 2.45) is 0 Å². The summed E-state index contributed by atoms with van der Waals surface area (Å²) in [6, 6.07) is 0.483. The fraction of sp³-hybridized carbons (Fsp3) is 1.00. The van der Waals surface area contributed by atoms with Crippen LogP contribution < -0.4 is 5.32 Å².